The van der Waals surface area contributed by atoms with Gasteiger partial charge in [0.2, 0.25) is 23.6 Å². The van der Waals surface area contributed by atoms with Gasteiger partial charge in [0.05, 0.1) is 17.3 Å². The molecule has 5 rings (SSSR count). The van der Waals surface area contributed by atoms with Crippen LogP contribution >= 0.6 is 0 Å². The fourth-order valence-electron chi connectivity index (χ4n) is 5.98. The number of nitrogens with one attached hydrogen (secondary N) is 1. The van der Waals surface area contributed by atoms with E-state index in [0.717, 1.165) is 4.90 Å². The smallest absolute Gasteiger partial charge is 0.238 e. The molecule has 2 aliphatic carbocycles. The Labute approximate surface area is 190 Å². The zero-order valence-corrected chi connectivity index (χ0v) is 18.0. The van der Waals surface area contributed by atoms with Crippen LogP contribution in [-0.4, -0.2) is 44.5 Å². The topological polar surface area (TPSA) is 124 Å². The first-order chi connectivity index (χ1) is 15.7. The predicted octanol–water partition coefficient (Wildman–Crippen LogP) is 1.45. The van der Waals surface area contributed by atoms with Crippen LogP contribution in [0.15, 0.2) is 60.2 Å². The van der Waals surface area contributed by atoms with Gasteiger partial charge in [0.25, 0.3) is 0 Å². The van der Waals surface area contributed by atoms with Crippen LogP contribution in [0.5, 0.6) is 5.75 Å². The normalized spacial score (nSPS) is 35.6. The molecule has 0 spiro atoms. The SMILES string of the molecule is CC1=CC(C2CC(=O)N(C3(O)C=CC=CC3)C2=O)CC2(c3ccccc3O)C(=O)NC(=O)C12. The van der Waals surface area contributed by atoms with Crippen LogP contribution in [0.2, 0.25) is 0 Å². The number of aliphatic hydroxyl groups is 1. The zero-order valence-electron chi connectivity index (χ0n) is 18.0. The second kappa shape index (κ2) is 7.25. The van der Waals surface area contributed by atoms with Gasteiger partial charge in [-0.15, -0.1) is 0 Å². The number of allylic oxidation sites excluding steroid dienone is 3. The van der Waals surface area contributed by atoms with E-state index in [1.807, 2.05) is 0 Å². The maximum atomic E-state index is 13.4. The molecule has 0 saturated carbocycles. The molecule has 33 heavy (non-hydrogen) atoms. The number of fused-ring (bicyclic) bond motifs is 1. The van der Waals surface area contributed by atoms with Crippen molar-refractivity contribution in [1.82, 2.24) is 10.2 Å². The molecule has 2 heterocycles. The van der Waals surface area contributed by atoms with E-state index in [4.69, 9.17) is 0 Å². The van der Waals surface area contributed by atoms with Crippen molar-refractivity contribution in [1.29, 1.82) is 0 Å². The molecule has 8 nitrogen and oxygen atoms in total. The molecule has 0 bridgehead atoms. The lowest BCUT2D eigenvalue weighted by Gasteiger charge is -2.40. The highest BCUT2D eigenvalue weighted by Gasteiger charge is 2.62. The molecule has 2 saturated heterocycles. The second-order valence-electron chi connectivity index (χ2n) is 9.27. The van der Waals surface area contributed by atoms with Crippen molar-refractivity contribution in [3.8, 4) is 5.75 Å². The number of para-hydroxylation sites is 1. The lowest BCUT2D eigenvalue weighted by Crippen LogP contribution is -2.52. The first kappa shape index (κ1) is 21.3. The molecule has 5 atom stereocenters. The Kier molecular flexibility index (Phi) is 4.68. The van der Waals surface area contributed by atoms with E-state index in [1.165, 1.54) is 12.1 Å². The third-order valence-corrected chi connectivity index (χ3v) is 7.39. The van der Waals surface area contributed by atoms with Crippen LogP contribution in [-0.2, 0) is 24.6 Å². The molecule has 0 radical (unpaired) electrons. The summed E-state index contributed by atoms with van der Waals surface area (Å²) >= 11 is 0. The summed E-state index contributed by atoms with van der Waals surface area (Å²) in [6, 6.07) is 6.40. The molecule has 0 aromatic heterocycles. The van der Waals surface area contributed by atoms with E-state index in [9.17, 15) is 29.4 Å². The van der Waals surface area contributed by atoms with Crippen molar-refractivity contribution in [2.24, 2.45) is 17.8 Å². The van der Waals surface area contributed by atoms with Gasteiger partial charge in [0.15, 0.2) is 5.72 Å². The molecule has 1 aromatic carbocycles. The standard InChI is InChI=1S/C25H24N2O6/c1-14-11-15(16-12-19(29)27(22(16)31)24(33)9-5-2-6-10-24)13-25(17-7-3-4-8-18(17)28)20(14)21(30)26-23(25)32/h2-9,11,15-16,20,28,33H,10,12-13H2,1H3,(H,26,30,32). The average Bonchev–Trinajstić information content (AvgIpc) is 3.21. The largest absolute Gasteiger partial charge is 0.508 e. The summed E-state index contributed by atoms with van der Waals surface area (Å²) in [4.78, 5) is 53.1. The Morgan fingerprint density at radius 2 is 1.88 bits per heavy atom. The molecular weight excluding hydrogens is 424 g/mol. The number of rotatable bonds is 3. The van der Waals surface area contributed by atoms with E-state index < -0.39 is 52.5 Å². The Morgan fingerprint density at radius 1 is 1.12 bits per heavy atom. The molecule has 4 amide bonds. The van der Waals surface area contributed by atoms with Crippen molar-refractivity contribution >= 4 is 23.6 Å². The maximum absolute atomic E-state index is 13.4. The number of aromatic hydroxyl groups is 1. The summed E-state index contributed by atoms with van der Waals surface area (Å²) in [5, 5.41) is 24.0. The third kappa shape index (κ3) is 2.94. The van der Waals surface area contributed by atoms with Gasteiger partial charge in [-0.1, -0.05) is 48.1 Å². The predicted molar refractivity (Wildman–Crippen MR) is 116 cm³/mol. The molecule has 170 valence electrons. The van der Waals surface area contributed by atoms with Crippen molar-refractivity contribution in [3.05, 3.63) is 65.8 Å². The monoisotopic (exact) mass is 448 g/mol. The number of phenolic OH excluding ortho intramolecular Hbond substituents is 1. The van der Waals surface area contributed by atoms with Gasteiger partial charge in [-0.2, -0.15) is 0 Å². The maximum Gasteiger partial charge on any atom is 0.238 e. The summed E-state index contributed by atoms with van der Waals surface area (Å²) in [6.07, 6.45) is 8.31. The highest BCUT2D eigenvalue weighted by molar-refractivity contribution is 6.12. The van der Waals surface area contributed by atoms with Crippen LogP contribution in [0.1, 0.15) is 31.7 Å². The number of carbonyl (C=O) groups is 4. The summed E-state index contributed by atoms with van der Waals surface area (Å²) < 4.78 is 0. The number of phenols is 1. The third-order valence-electron chi connectivity index (χ3n) is 7.39. The number of hydrogen-bond acceptors (Lipinski definition) is 6. The number of hydrogen-bond donors (Lipinski definition) is 3. The molecule has 3 N–H and O–H groups in total. The van der Waals surface area contributed by atoms with Crippen LogP contribution in [0.4, 0.5) is 0 Å². The second-order valence-corrected chi connectivity index (χ2v) is 9.27. The highest BCUT2D eigenvalue weighted by atomic mass is 16.3. The van der Waals surface area contributed by atoms with E-state index in [-0.39, 0.29) is 25.0 Å². The van der Waals surface area contributed by atoms with Gasteiger partial charge >= 0.3 is 0 Å². The first-order valence-electron chi connectivity index (χ1n) is 10.9. The molecule has 5 unspecified atom stereocenters. The highest BCUT2D eigenvalue weighted by Crippen LogP contribution is 2.53. The number of benzene rings is 1. The lowest BCUT2D eigenvalue weighted by molar-refractivity contribution is -0.159. The van der Waals surface area contributed by atoms with Gasteiger partial charge in [-0.25, -0.2) is 4.90 Å². The fourth-order valence-corrected chi connectivity index (χ4v) is 5.98. The van der Waals surface area contributed by atoms with Crippen LogP contribution in [0.3, 0.4) is 0 Å². The molecule has 2 fully saturated rings. The first-order valence-corrected chi connectivity index (χ1v) is 10.9. The summed E-state index contributed by atoms with van der Waals surface area (Å²) in [5.41, 5.74) is -2.17. The van der Waals surface area contributed by atoms with Crippen LogP contribution in [0.25, 0.3) is 0 Å². The van der Waals surface area contributed by atoms with Gasteiger partial charge in [0.1, 0.15) is 5.75 Å². The van der Waals surface area contributed by atoms with Crippen LogP contribution < -0.4 is 5.32 Å². The average molecular weight is 448 g/mol. The van der Waals surface area contributed by atoms with Crippen molar-refractivity contribution in [2.45, 2.75) is 37.3 Å². The summed E-state index contributed by atoms with van der Waals surface area (Å²) in [7, 11) is 0. The number of imide groups is 2. The Morgan fingerprint density at radius 3 is 2.58 bits per heavy atom. The fraction of sp³-hybridized carbons (Fsp3) is 0.360. The van der Waals surface area contributed by atoms with E-state index in [0.29, 0.717) is 11.1 Å². The quantitative estimate of drug-likeness (QED) is 0.475. The van der Waals surface area contributed by atoms with Gasteiger partial charge < -0.3 is 10.2 Å². The summed E-state index contributed by atoms with van der Waals surface area (Å²) in [6.45, 7) is 1.73. The van der Waals surface area contributed by atoms with Crippen molar-refractivity contribution < 1.29 is 29.4 Å². The van der Waals surface area contributed by atoms with Gasteiger partial charge in [-0.05, 0) is 31.4 Å². The molecule has 2 aliphatic heterocycles. The summed E-state index contributed by atoms with van der Waals surface area (Å²) in [5.74, 6) is -4.20. The van der Waals surface area contributed by atoms with Gasteiger partial charge in [0, 0.05) is 18.4 Å². The Hall–Kier alpha value is -3.52. The van der Waals surface area contributed by atoms with E-state index in [2.05, 4.69) is 5.32 Å². The minimum absolute atomic E-state index is 0.0792. The minimum atomic E-state index is -1.72. The molecular formula is C25H24N2O6. The van der Waals surface area contributed by atoms with Crippen LogP contribution in [0, 0.1) is 17.8 Å². The van der Waals surface area contributed by atoms with Gasteiger partial charge in [-0.3, -0.25) is 24.5 Å². The Balaban J connectivity index is 1.56. The van der Waals surface area contributed by atoms with Crippen molar-refractivity contribution in [2.75, 3.05) is 0 Å². The Bertz CT molecular complexity index is 1180. The molecule has 8 heteroatoms. The van der Waals surface area contributed by atoms with Crippen molar-refractivity contribution in [3.63, 3.8) is 0 Å². The zero-order chi connectivity index (χ0) is 23.5. The lowest BCUT2D eigenvalue weighted by atomic mass is 9.59. The number of amides is 4. The number of carbonyl (C=O) groups excluding carboxylic acids is 4. The molecule has 4 aliphatic rings. The number of nitrogens with zero attached hydrogens (tertiary/aromatic N) is 1. The van der Waals surface area contributed by atoms with E-state index in [1.54, 1.807) is 49.4 Å². The number of likely N-dealkylation sites (tertiary alicyclic amines) is 1. The molecule has 1 aromatic rings. The minimum Gasteiger partial charge on any atom is -0.508 e. The van der Waals surface area contributed by atoms with E-state index >= 15 is 0 Å².